The standard InChI is InChI=1S/C25H20N4O5S/c1-15-7-8-19(11-16(15)2)26-27-20-9-10-22(30)18(12-20)13-23-24(31)28(25(32)35-23)14-17-5-3-4-6-21(17)29(33)34/h3-13,30H,14H2,1-2H3/b23-13-,27-26?. The van der Waals surface area contributed by atoms with E-state index in [0.717, 1.165) is 16.0 Å². The molecule has 3 aromatic carbocycles. The van der Waals surface area contributed by atoms with E-state index in [1.807, 2.05) is 32.0 Å². The Morgan fingerprint density at radius 2 is 1.69 bits per heavy atom. The van der Waals surface area contributed by atoms with Crippen LogP contribution in [0.25, 0.3) is 6.08 Å². The third-order valence-electron chi connectivity index (χ3n) is 5.46. The number of benzene rings is 3. The summed E-state index contributed by atoms with van der Waals surface area (Å²) in [5.41, 5.74) is 3.73. The van der Waals surface area contributed by atoms with Gasteiger partial charge in [-0.05, 0) is 73.1 Å². The molecular formula is C25H20N4O5S. The number of para-hydroxylation sites is 1. The van der Waals surface area contributed by atoms with Gasteiger partial charge >= 0.3 is 0 Å². The lowest BCUT2D eigenvalue weighted by atomic mass is 10.1. The van der Waals surface area contributed by atoms with Gasteiger partial charge in [0.25, 0.3) is 16.8 Å². The molecule has 1 aliphatic rings. The molecule has 0 aliphatic carbocycles. The van der Waals surface area contributed by atoms with Gasteiger partial charge in [0.1, 0.15) is 5.75 Å². The van der Waals surface area contributed by atoms with Crippen LogP contribution >= 0.6 is 11.8 Å². The number of hydrogen-bond donors (Lipinski definition) is 1. The van der Waals surface area contributed by atoms with Gasteiger partial charge in [0, 0.05) is 17.2 Å². The van der Waals surface area contributed by atoms with Gasteiger partial charge in [0.2, 0.25) is 0 Å². The van der Waals surface area contributed by atoms with Crippen LogP contribution in [0, 0.1) is 24.0 Å². The summed E-state index contributed by atoms with van der Waals surface area (Å²) in [5, 5.41) is 29.4. The topological polar surface area (TPSA) is 125 Å². The third kappa shape index (κ3) is 5.28. The SMILES string of the molecule is Cc1ccc(N=Nc2ccc(O)c(/C=C3\SC(=O)N(Cc4ccccc4[N+](=O)[O-])C3=O)c2)cc1C. The number of phenolic OH excluding ortho intramolecular Hbond substituents is 1. The molecule has 0 unspecified atom stereocenters. The highest BCUT2D eigenvalue weighted by molar-refractivity contribution is 8.18. The van der Waals surface area contributed by atoms with Crippen molar-refractivity contribution in [3.8, 4) is 5.75 Å². The smallest absolute Gasteiger partial charge is 0.293 e. The summed E-state index contributed by atoms with van der Waals surface area (Å²) < 4.78 is 0. The summed E-state index contributed by atoms with van der Waals surface area (Å²) >= 11 is 0.701. The van der Waals surface area contributed by atoms with Crippen LogP contribution in [0.3, 0.4) is 0 Å². The molecule has 0 atom stereocenters. The number of thioether (sulfide) groups is 1. The molecule has 10 heteroatoms. The second kappa shape index (κ2) is 9.90. The number of phenols is 1. The van der Waals surface area contributed by atoms with Crippen molar-refractivity contribution < 1.29 is 19.6 Å². The number of rotatable bonds is 6. The molecule has 35 heavy (non-hydrogen) atoms. The normalized spacial score (nSPS) is 14.9. The van der Waals surface area contributed by atoms with E-state index >= 15 is 0 Å². The summed E-state index contributed by atoms with van der Waals surface area (Å²) in [6, 6.07) is 16.2. The minimum atomic E-state index is -0.597. The highest BCUT2D eigenvalue weighted by Crippen LogP contribution is 2.36. The Bertz CT molecular complexity index is 1420. The van der Waals surface area contributed by atoms with E-state index in [4.69, 9.17) is 0 Å². The quantitative estimate of drug-likeness (QED) is 0.181. The minimum absolute atomic E-state index is 0.0899. The largest absolute Gasteiger partial charge is 0.507 e. The van der Waals surface area contributed by atoms with Crippen molar-refractivity contribution in [2.45, 2.75) is 20.4 Å². The summed E-state index contributed by atoms with van der Waals surface area (Å²) in [6.07, 6.45) is 1.40. The number of nitro benzene ring substituents is 1. The van der Waals surface area contributed by atoms with Crippen molar-refractivity contribution in [1.29, 1.82) is 0 Å². The number of hydrogen-bond acceptors (Lipinski definition) is 8. The van der Waals surface area contributed by atoms with Crippen LogP contribution < -0.4 is 0 Å². The lowest BCUT2D eigenvalue weighted by Gasteiger charge is -2.12. The average molecular weight is 489 g/mol. The first-order valence-corrected chi connectivity index (χ1v) is 11.3. The van der Waals surface area contributed by atoms with Gasteiger partial charge in [-0.25, -0.2) is 0 Å². The van der Waals surface area contributed by atoms with E-state index in [-0.39, 0.29) is 34.0 Å². The fraction of sp³-hybridized carbons (Fsp3) is 0.120. The van der Waals surface area contributed by atoms with Crippen molar-refractivity contribution in [2.75, 3.05) is 0 Å². The van der Waals surface area contributed by atoms with Gasteiger partial charge < -0.3 is 5.11 Å². The van der Waals surface area contributed by atoms with Crippen molar-refractivity contribution >= 4 is 46.0 Å². The molecule has 2 amide bonds. The van der Waals surface area contributed by atoms with Crippen LogP contribution in [0.15, 0.2) is 75.8 Å². The van der Waals surface area contributed by atoms with Crippen LogP contribution in [-0.2, 0) is 11.3 Å². The number of aromatic hydroxyl groups is 1. The zero-order chi connectivity index (χ0) is 25.1. The zero-order valence-corrected chi connectivity index (χ0v) is 19.7. The van der Waals surface area contributed by atoms with E-state index in [9.17, 15) is 24.8 Å². The number of nitrogens with zero attached hydrogens (tertiary/aromatic N) is 4. The average Bonchev–Trinajstić information content (AvgIpc) is 3.09. The third-order valence-corrected chi connectivity index (χ3v) is 6.37. The van der Waals surface area contributed by atoms with Gasteiger partial charge in [-0.3, -0.25) is 24.6 Å². The Morgan fingerprint density at radius 1 is 1.00 bits per heavy atom. The lowest BCUT2D eigenvalue weighted by molar-refractivity contribution is -0.385. The van der Waals surface area contributed by atoms with E-state index in [1.165, 1.54) is 30.3 Å². The summed E-state index contributed by atoms with van der Waals surface area (Å²) in [6.45, 7) is 3.76. The first kappa shape index (κ1) is 23.8. The number of carbonyl (C=O) groups excluding carboxylic acids is 2. The van der Waals surface area contributed by atoms with Gasteiger partial charge in [0.05, 0.1) is 27.7 Å². The highest BCUT2D eigenvalue weighted by Gasteiger charge is 2.36. The molecule has 3 aromatic rings. The predicted molar refractivity (Wildman–Crippen MR) is 133 cm³/mol. The highest BCUT2D eigenvalue weighted by atomic mass is 32.2. The molecule has 0 radical (unpaired) electrons. The van der Waals surface area contributed by atoms with Crippen LogP contribution in [0.2, 0.25) is 0 Å². The number of carbonyl (C=O) groups is 2. The molecular weight excluding hydrogens is 468 g/mol. The van der Waals surface area contributed by atoms with E-state index in [2.05, 4.69) is 10.2 Å². The molecule has 1 N–H and O–H groups in total. The van der Waals surface area contributed by atoms with Crippen molar-refractivity contribution in [3.05, 3.63) is 97.9 Å². The molecule has 0 aromatic heterocycles. The Hall–Kier alpha value is -4.31. The first-order valence-electron chi connectivity index (χ1n) is 10.5. The number of imide groups is 1. The lowest BCUT2D eigenvalue weighted by Crippen LogP contribution is -2.27. The van der Waals surface area contributed by atoms with Crippen molar-refractivity contribution in [2.24, 2.45) is 10.2 Å². The molecule has 4 rings (SSSR count). The molecule has 1 heterocycles. The van der Waals surface area contributed by atoms with Gasteiger partial charge in [0.15, 0.2) is 0 Å². The number of aryl methyl sites for hydroxylation is 2. The van der Waals surface area contributed by atoms with Crippen LogP contribution in [0.4, 0.5) is 21.9 Å². The second-order valence-corrected chi connectivity index (χ2v) is 8.86. The Kier molecular flexibility index (Phi) is 6.74. The molecule has 0 spiro atoms. The summed E-state index contributed by atoms with van der Waals surface area (Å²) in [5.74, 6) is -0.694. The maximum atomic E-state index is 12.9. The van der Waals surface area contributed by atoms with Gasteiger partial charge in [-0.15, -0.1) is 0 Å². The van der Waals surface area contributed by atoms with Crippen LogP contribution in [-0.4, -0.2) is 26.1 Å². The molecule has 0 bridgehead atoms. The van der Waals surface area contributed by atoms with Crippen molar-refractivity contribution in [1.82, 2.24) is 4.90 Å². The van der Waals surface area contributed by atoms with E-state index < -0.39 is 16.1 Å². The molecule has 1 saturated heterocycles. The maximum absolute atomic E-state index is 12.9. The molecule has 9 nitrogen and oxygen atoms in total. The van der Waals surface area contributed by atoms with E-state index in [1.54, 1.807) is 18.2 Å². The Balaban J connectivity index is 1.57. The minimum Gasteiger partial charge on any atom is -0.507 e. The number of nitro groups is 1. The number of amides is 2. The fourth-order valence-electron chi connectivity index (χ4n) is 3.39. The summed E-state index contributed by atoms with van der Waals surface area (Å²) in [7, 11) is 0. The van der Waals surface area contributed by atoms with Crippen molar-refractivity contribution in [3.63, 3.8) is 0 Å². The van der Waals surface area contributed by atoms with Crippen LogP contribution in [0.1, 0.15) is 22.3 Å². The predicted octanol–water partition coefficient (Wildman–Crippen LogP) is 6.57. The van der Waals surface area contributed by atoms with Gasteiger partial charge in [-0.1, -0.05) is 24.3 Å². The fourth-order valence-corrected chi connectivity index (χ4v) is 4.22. The van der Waals surface area contributed by atoms with E-state index in [0.29, 0.717) is 23.1 Å². The molecule has 176 valence electrons. The maximum Gasteiger partial charge on any atom is 0.293 e. The Labute approximate surface area is 205 Å². The second-order valence-electron chi connectivity index (χ2n) is 7.87. The Morgan fingerprint density at radius 3 is 2.40 bits per heavy atom. The first-order chi connectivity index (χ1) is 16.7. The zero-order valence-electron chi connectivity index (χ0n) is 18.8. The molecule has 1 fully saturated rings. The summed E-state index contributed by atoms with van der Waals surface area (Å²) in [4.78, 5) is 37.1. The molecule has 0 saturated carbocycles. The monoisotopic (exact) mass is 488 g/mol. The van der Waals surface area contributed by atoms with Crippen LogP contribution in [0.5, 0.6) is 5.75 Å². The molecule has 1 aliphatic heterocycles. The number of azo groups is 1. The van der Waals surface area contributed by atoms with Gasteiger partial charge in [-0.2, -0.15) is 10.2 Å².